The Balaban J connectivity index is 1.98. The SMILES string of the molecule is CC(C)C1(C(C)(C)C)CCc2nn(-c3ccncc3)cc2C1. The first-order valence-electron chi connectivity index (χ1n) is 8.31. The largest absolute Gasteiger partial charge is 0.265 e. The summed E-state index contributed by atoms with van der Waals surface area (Å²) in [6.45, 7) is 11.9. The molecule has 0 radical (unpaired) electrons. The van der Waals surface area contributed by atoms with Crippen LogP contribution in [-0.4, -0.2) is 14.8 Å². The Kier molecular flexibility index (Phi) is 3.62. The van der Waals surface area contributed by atoms with Gasteiger partial charge in [0, 0.05) is 18.6 Å². The van der Waals surface area contributed by atoms with Gasteiger partial charge < -0.3 is 0 Å². The standard InChI is InChI=1S/C19H27N3/c1-14(2)19(18(3,4)5)9-6-17-15(12-19)13-22(21-17)16-7-10-20-11-8-16/h7-8,10-11,13-14H,6,9,12H2,1-5H3. The highest BCUT2D eigenvalue weighted by atomic mass is 15.3. The second-order valence-corrected chi connectivity index (χ2v) is 7.99. The quantitative estimate of drug-likeness (QED) is 0.820. The predicted molar refractivity (Wildman–Crippen MR) is 90.1 cm³/mol. The normalized spacial score (nSPS) is 21.9. The Morgan fingerprint density at radius 1 is 1.18 bits per heavy atom. The molecule has 1 aliphatic carbocycles. The molecule has 0 N–H and O–H groups in total. The van der Waals surface area contributed by atoms with E-state index >= 15 is 0 Å². The number of rotatable bonds is 2. The fourth-order valence-electron chi connectivity index (χ4n) is 4.20. The Bertz CT molecular complexity index is 649. The summed E-state index contributed by atoms with van der Waals surface area (Å²) < 4.78 is 2.02. The van der Waals surface area contributed by atoms with Crippen LogP contribution in [0.5, 0.6) is 0 Å². The van der Waals surface area contributed by atoms with Gasteiger partial charge in [-0.15, -0.1) is 0 Å². The molecule has 0 spiro atoms. The molecule has 0 saturated carbocycles. The molecule has 0 aromatic carbocycles. The van der Waals surface area contributed by atoms with E-state index in [1.165, 1.54) is 17.7 Å². The first kappa shape index (κ1) is 15.3. The highest BCUT2D eigenvalue weighted by molar-refractivity contribution is 5.33. The van der Waals surface area contributed by atoms with Crippen LogP contribution in [0.1, 0.15) is 52.3 Å². The van der Waals surface area contributed by atoms with E-state index in [0.717, 1.165) is 18.5 Å². The van der Waals surface area contributed by atoms with Gasteiger partial charge in [0.1, 0.15) is 0 Å². The minimum Gasteiger partial charge on any atom is -0.265 e. The van der Waals surface area contributed by atoms with Crippen molar-refractivity contribution in [2.24, 2.45) is 16.7 Å². The van der Waals surface area contributed by atoms with Crippen molar-refractivity contribution in [3.63, 3.8) is 0 Å². The van der Waals surface area contributed by atoms with E-state index in [-0.39, 0.29) is 0 Å². The van der Waals surface area contributed by atoms with Crippen molar-refractivity contribution in [2.75, 3.05) is 0 Å². The molecule has 3 rings (SSSR count). The second-order valence-electron chi connectivity index (χ2n) is 7.99. The van der Waals surface area contributed by atoms with Gasteiger partial charge in [-0.2, -0.15) is 5.10 Å². The molecule has 0 saturated heterocycles. The monoisotopic (exact) mass is 297 g/mol. The van der Waals surface area contributed by atoms with Crippen LogP contribution in [0.2, 0.25) is 0 Å². The number of pyridine rings is 1. The summed E-state index contributed by atoms with van der Waals surface area (Å²) in [6.07, 6.45) is 9.33. The molecule has 1 aliphatic rings. The van der Waals surface area contributed by atoms with E-state index in [9.17, 15) is 0 Å². The van der Waals surface area contributed by atoms with Crippen molar-refractivity contribution >= 4 is 0 Å². The maximum atomic E-state index is 4.82. The first-order chi connectivity index (χ1) is 10.3. The molecule has 22 heavy (non-hydrogen) atoms. The van der Waals surface area contributed by atoms with Crippen molar-refractivity contribution in [2.45, 2.75) is 53.9 Å². The molecule has 3 nitrogen and oxygen atoms in total. The Morgan fingerprint density at radius 2 is 1.86 bits per heavy atom. The molecular formula is C19H27N3. The van der Waals surface area contributed by atoms with Gasteiger partial charge in [-0.25, -0.2) is 4.68 Å². The van der Waals surface area contributed by atoms with Gasteiger partial charge in [0.15, 0.2) is 0 Å². The van der Waals surface area contributed by atoms with Gasteiger partial charge in [-0.1, -0.05) is 34.6 Å². The van der Waals surface area contributed by atoms with E-state index in [1.807, 2.05) is 29.2 Å². The Morgan fingerprint density at radius 3 is 2.45 bits per heavy atom. The maximum absolute atomic E-state index is 4.82. The molecule has 1 unspecified atom stereocenters. The molecule has 2 aromatic heterocycles. The van der Waals surface area contributed by atoms with E-state index in [2.05, 4.69) is 45.8 Å². The van der Waals surface area contributed by atoms with Crippen molar-refractivity contribution in [3.05, 3.63) is 42.0 Å². The van der Waals surface area contributed by atoms with Crippen LogP contribution < -0.4 is 0 Å². The zero-order chi connectivity index (χ0) is 16.0. The molecule has 3 heteroatoms. The van der Waals surface area contributed by atoms with Crippen molar-refractivity contribution in [1.29, 1.82) is 0 Å². The van der Waals surface area contributed by atoms with E-state index in [0.29, 0.717) is 16.7 Å². The summed E-state index contributed by atoms with van der Waals surface area (Å²) in [5.74, 6) is 0.671. The maximum Gasteiger partial charge on any atom is 0.0676 e. The number of hydrogen-bond donors (Lipinski definition) is 0. The van der Waals surface area contributed by atoms with E-state index in [4.69, 9.17) is 5.10 Å². The van der Waals surface area contributed by atoms with Crippen LogP contribution in [0.3, 0.4) is 0 Å². The summed E-state index contributed by atoms with van der Waals surface area (Å²) in [7, 11) is 0. The van der Waals surface area contributed by atoms with Crippen molar-refractivity contribution < 1.29 is 0 Å². The van der Waals surface area contributed by atoms with Gasteiger partial charge in [0.25, 0.3) is 0 Å². The Hall–Kier alpha value is -1.64. The van der Waals surface area contributed by atoms with Gasteiger partial charge in [0.05, 0.1) is 11.4 Å². The van der Waals surface area contributed by atoms with E-state index in [1.54, 1.807) is 0 Å². The number of hydrogen-bond acceptors (Lipinski definition) is 2. The van der Waals surface area contributed by atoms with E-state index < -0.39 is 0 Å². The molecule has 2 heterocycles. The third-order valence-electron chi connectivity index (χ3n) is 5.72. The number of aromatic nitrogens is 3. The molecule has 118 valence electrons. The lowest BCUT2D eigenvalue weighted by Gasteiger charge is -2.50. The molecule has 0 bridgehead atoms. The summed E-state index contributed by atoms with van der Waals surface area (Å²) in [5.41, 5.74) is 4.45. The highest BCUT2D eigenvalue weighted by Gasteiger charge is 2.46. The molecule has 1 atom stereocenters. The zero-order valence-electron chi connectivity index (χ0n) is 14.4. The molecule has 2 aromatic rings. The average molecular weight is 297 g/mol. The molecule has 0 fully saturated rings. The van der Waals surface area contributed by atoms with Crippen LogP contribution in [-0.2, 0) is 12.8 Å². The molecule has 0 aliphatic heterocycles. The van der Waals surface area contributed by atoms with Gasteiger partial charge >= 0.3 is 0 Å². The zero-order valence-corrected chi connectivity index (χ0v) is 14.4. The highest BCUT2D eigenvalue weighted by Crippen LogP contribution is 2.52. The number of aryl methyl sites for hydroxylation is 1. The minimum absolute atomic E-state index is 0.303. The van der Waals surface area contributed by atoms with Crippen LogP contribution in [0, 0.1) is 16.7 Å². The smallest absolute Gasteiger partial charge is 0.0676 e. The Labute approximate surface area is 133 Å². The lowest BCUT2D eigenvalue weighted by Crippen LogP contribution is -2.44. The lowest BCUT2D eigenvalue weighted by atomic mass is 9.54. The van der Waals surface area contributed by atoms with Crippen LogP contribution in [0.25, 0.3) is 5.69 Å². The van der Waals surface area contributed by atoms with Crippen LogP contribution in [0.4, 0.5) is 0 Å². The molecular weight excluding hydrogens is 270 g/mol. The summed E-state index contributed by atoms with van der Waals surface area (Å²) >= 11 is 0. The number of fused-ring (bicyclic) bond motifs is 1. The summed E-state index contributed by atoms with van der Waals surface area (Å²) in [6, 6.07) is 4.02. The second kappa shape index (κ2) is 5.22. The van der Waals surface area contributed by atoms with Gasteiger partial charge in [-0.05, 0) is 53.7 Å². The topological polar surface area (TPSA) is 30.7 Å². The third kappa shape index (κ3) is 2.37. The first-order valence-corrected chi connectivity index (χ1v) is 8.31. The average Bonchev–Trinajstić information content (AvgIpc) is 2.89. The van der Waals surface area contributed by atoms with Crippen LogP contribution >= 0.6 is 0 Å². The van der Waals surface area contributed by atoms with Gasteiger partial charge in [-0.3, -0.25) is 4.98 Å². The van der Waals surface area contributed by atoms with Crippen LogP contribution in [0.15, 0.2) is 30.7 Å². The predicted octanol–water partition coefficient (Wildman–Crippen LogP) is 4.44. The summed E-state index contributed by atoms with van der Waals surface area (Å²) in [5, 5.41) is 4.82. The van der Waals surface area contributed by atoms with Gasteiger partial charge in [0.2, 0.25) is 0 Å². The minimum atomic E-state index is 0.303. The number of nitrogens with zero attached hydrogens (tertiary/aromatic N) is 3. The fraction of sp³-hybridized carbons (Fsp3) is 0.579. The lowest BCUT2D eigenvalue weighted by molar-refractivity contribution is 0.0147. The fourth-order valence-corrected chi connectivity index (χ4v) is 4.20. The molecule has 0 amide bonds. The van der Waals surface area contributed by atoms with Crippen molar-refractivity contribution in [1.82, 2.24) is 14.8 Å². The van der Waals surface area contributed by atoms with Crippen molar-refractivity contribution in [3.8, 4) is 5.69 Å². The summed E-state index contributed by atoms with van der Waals surface area (Å²) in [4.78, 5) is 4.09. The third-order valence-corrected chi connectivity index (χ3v) is 5.72.